The maximum absolute atomic E-state index is 12.6. The average Bonchev–Trinajstić information content (AvgIpc) is 2.91. The summed E-state index contributed by atoms with van der Waals surface area (Å²) in [7, 11) is 0. The lowest BCUT2D eigenvalue weighted by Gasteiger charge is -2.21. The van der Waals surface area contributed by atoms with Gasteiger partial charge in [-0.15, -0.1) is 0 Å². The number of aromatic carboxylic acids is 1. The molecule has 2 amide bonds. The minimum absolute atomic E-state index is 0.00855. The molecule has 3 N–H and O–H groups in total. The van der Waals surface area contributed by atoms with Crippen LogP contribution < -0.4 is 5.32 Å². The number of carboxylic acids is 2. The van der Waals surface area contributed by atoms with Crippen LogP contribution in [0, 0.1) is 0 Å². The number of carboxylic acid groups (broad SMARTS) is 2. The van der Waals surface area contributed by atoms with Gasteiger partial charge in [0.1, 0.15) is 0 Å². The molecule has 0 saturated carbocycles. The Morgan fingerprint density at radius 1 is 0.711 bits per heavy atom. The van der Waals surface area contributed by atoms with Crippen molar-refractivity contribution in [3.8, 4) is 0 Å². The van der Waals surface area contributed by atoms with Crippen molar-refractivity contribution in [2.45, 2.75) is 84.2 Å². The molecule has 0 radical (unpaired) electrons. The van der Waals surface area contributed by atoms with Crippen LogP contribution >= 0.6 is 0 Å². The molecule has 0 bridgehead atoms. The Bertz CT molecular complexity index is 1050. The van der Waals surface area contributed by atoms with Gasteiger partial charge in [-0.3, -0.25) is 9.59 Å². The van der Waals surface area contributed by atoms with Crippen LogP contribution in [0.2, 0.25) is 0 Å². The summed E-state index contributed by atoms with van der Waals surface area (Å²) >= 11 is 0. The highest BCUT2D eigenvalue weighted by Gasteiger charge is 2.22. The lowest BCUT2D eigenvalue weighted by molar-refractivity contribution is -0.156. The predicted molar refractivity (Wildman–Crippen MR) is 146 cm³/mol. The highest BCUT2D eigenvalue weighted by molar-refractivity contribution is 6.31. The number of hydrogen-bond donors (Lipinski definition) is 3. The molecule has 0 atom stereocenters. The van der Waals surface area contributed by atoms with E-state index in [0.29, 0.717) is 23.2 Å². The molecule has 0 saturated heterocycles. The second-order valence-electron chi connectivity index (χ2n) is 9.61. The second-order valence-corrected chi connectivity index (χ2v) is 9.61. The van der Waals surface area contributed by atoms with E-state index in [1.807, 2.05) is 0 Å². The number of carbonyl (C=O) groups is 4. The number of unbranched alkanes of at least 4 members (excludes halogenated alkanes) is 9. The molecule has 8 heteroatoms. The summed E-state index contributed by atoms with van der Waals surface area (Å²) in [4.78, 5) is 48.6. The van der Waals surface area contributed by atoms with E-state index in [2.05, 4.69) is 12.2 Å². The van der Waals surface area contributed by atoms with E-state index in [1.54, 1.807) is 36.4 Å². The van der Waals surface area contributed by atoms with Crippen molar-refractivity contribution in [1.82, 2.24) is 10.2 Å². The number of hydrogen-bond acceptors (Lipinski definition) is 4. The topological polar surface area (TPSA) is 124 Å². The lowest BCUT2D eigenvalue weighted by Crippen LogP contribution is -2.35. The van der Waals surface area contributed by atoms with Crippen molar-refractivity contribution in [3.63, 3.8) is 0 Å². The standard InChI is InChI=1S/C30H40N2O6/c1-2-3-4-5-6-7-8-9-10-11-19-31-27(33)26-14-12-13-24(20-26)22-32(28(34)30(37)38)21-23-15-17-25(18-16-23)29(35)36/h12-18,20H,2-11,19,21-22H2,1H3,(H,31,33)(H,35,36)(H,37,38). The van der Waals surface area contributed by atoms with Crippen LogP contribution in [0.4, 0.5) is 0 Å². The molecular formula is C30H40N2O6. The summed E-state index contributed by atoms with van der Waals surface area (Å²) in [6.07, 6.45) is 12.2. The Kier molecular flexibility index (Phi) is 13.6. The summed E-state index contributed by atoms with van der Waals surface area (Å²) in [6.45, 7) is 2.80. The fourth-order valence-corrected chi connectivity index (χ4v) is 4.26. The molecule has 0 spiro atoms. The number of nitrogens with zero attached hydrogens (tertiary/aromatic N) is 1. The summed E-state index contributed by atoms with van der Waals surface area (Å²) in [5.41, 5.74) is 1.76. The van der Waals surface area contributed by atoms with Crippen LogP contribution in [-0.4, -0.2) is 45.4 Å². The molecule has 0 aliphatic rings. The van der Waals surface area contributed by atoms with Gasteiger partial charge in [-0.05, 0) is 41.8 Å². The zero-order chi connectivity index (χ0) is 27.8. The Morgan fingerprint density at radius 2 is 1.29 bits per heavy atom. The van der Waals surface area contributed by atoms with Gasteiger partial charge in [0.05, 0.1) is 5.56 Å². The largest absolute Gasteiger partial charge is 0.478 e. The summed E-state index contributed by atoms with van der Waals surface area (Å²) < 4.78 is 0. The summed E-state index contributed by atoms with van der Waals surface area (Å²) in [6, 6.07) is 12.7. The zero-order valence-corrected chi connectivity index (χ0v) is 22.3. The van der Waals surface area contributed by atoms with Crippen LogP contribution in [0.25, 0.3) is 0 Å². The fraction of sp³-hybridized carbons (Fsp3) is 0.467. The van der Waals surface area contributed by atoms with Crippen molar-refractivity contribution in [2.75, 3.05) is 6.54 Å². The molecule has 0 unspecified atom stereocenters. The molecule has 38 heavy (non-hydrogen) atoms. The third-order valence-electron chi connectivity index (χ3n) is 6.42. The highest BCUT2D eigenvalue weighted by atomic mass is 16.4. The Morgan fingerprint density at radius 3 is 1.87 bits per heavy atom. The number of aliphatic carboxylic acids is 1. The van der Waals surface area contributed by atoms with E-state index in [1.165, 1.54) is 63.5 Å². The van der Waals surface area contributed by atoms with E-state index < -0.39 is 17.8 Å². The minimum atomic E-state index is -1.59. The molecule has 8 nitrogen and oxygen atoms in total. The average molecular weight is 525 g/mol. The maximum atomic E-state index is 12.6. The first-order valence-corrected chi connectivity index (χ1v) is 13.5. The van der Waals surface area contributed by atoms with Gasteiger partial charge in [-0.2, -0.15) is 0 Å². The molecule has 206 valence electrons. The van der Waals surface area contributed by atoms with Crippen LogP contribution in [0.3, 0.4) is 0 Å². The summed E-state index contributed by atoms with van der Waals surface area (Å²) in [5.74, 6) is -3.94. The normalized spacial score (nSPS) is 10.7. The molecule has 0 aliphatic carbocycles. The van der Waals surface area contributed by atoms with Gasteiger partial charge in [0.25, 0.3) is 5.91 Å². The van der Waals surface area contributed by atoms with Crippen molar-refractivity contribution in [3.05, 3.63) is 70.8 Å². The van der Waals surface area contributed by atoms with Crippen molar-refractivity contribution in [2.24, 2.45) is 0 Å². The van der Waals surface area contributed by atoms with Crippen LogP contribution in [-0.2, 0) is 22.7 Å². The van der Waals surface area contributed by atoms with E-state index in [0.717, 1.165) is 17.7 Å². The molecular weight excluding hydrogens is 484 g/mol. The number of nitrogens with one attached hydrogen (secondary N) is 1. The molecule has 0 heterocycles. The van der Waals surface area contributed by atoms with Crippen molar-refractivity contribution in [1.29, 1.82) is 0 Å². The summed E-state index contributed by atoms with van der Waals surface area (Å²) in [5, 5.41) is 21.3. The van der Waals surface area contributed by atoms with E-state index >= 15 is 0 Å². The quantitative estimate of drug-likeness (QED) is 0.181. The van der Waals surface area contributed by atoms with Gasteiger partial charge < -0.3 is 20.4 Å². The van der Waals surface area contributed by atoms with E-state index in [-0.39, 0.29) is 24.6 Å². The maximum Gasteiger partial charge on any atom is 0.394 e. The van der Waals surface area contributed by atoms with Gasteiger partial charge >= 0.3 is 17.8 Å². The lowest BCUT2D eigenvalue weighted by atomic mass is 10.1. The van der Waals surface area contributed by atoms with Gasteiger partial charge in [-0.25, -0.2) is 9.59 Å². The molecule has 0 aliphatic heterocycles. The predicted octanol–water partition coefficient (Wildman–Crippen LogP) is 5.65. The monoisotopic (exact) mass is 524 g/mol. The third kappa shape index (κ3) is 11.2. The number of benzene rings is 2. The Balaban J connectivity index is 1.84. The van der Waals surface area contributed by atoms with Crippen LogP contribution in [0.5, 0.6) is 0 Å². The molecule has 2 rings (SSSR count). The van der Waals surface area contributed by atoms with Gasteiger partial charge in [0.2, 0.25) is 0 Å². The number of amides is 2. The molecule has 2 aromatic rings. The van der Waals surface area contributed by atoms with Gasteiger partial charge in [-0.1, -0.05) is 89.0 Å². The smallest absolute Gasteiger partial charge is 0.394 e. The first kappa shape index (κ1) is 30.5. The highest BCUT2D eigenvalue weighted by Crippen LogP contribution is 2.14. The first-order chi connectivity index (χ1) is 18.3. The van der Waals surface area contributed by atoms with Gasteiger partial charge in [0.15, 0.2) is 0 Å². The fourth-order valence-electron chi connectivity index (χ4n) is 4.26. The SMILES string of the molecule is CCCCCCCCCCCCNC(=O)c1cccc(CN(Cc2ccc(C(=O)O)cc2)C(=O)C(=O)O)c1. The van der Waals surface area contributed by atoms with Gasteiger partial charge in [0, 0.05) is 25.2 Å². The number of rotatable bonds is 17. The van der Waals surface area contributed by atoms with Crippen LogP contribution in [0.1, 0.15) is 103 Å². The van der Waals surface area contributed by atoms with E-state index in [4.69, 9.17) is 5.11 Å². The molecule has 0 aromatic heterocycles. The number of carbonyl (C=O) groups excluding carboxylic acids is 2. The van der Waals surface area contributed by atoms with Crippen molar-refractivity contribution >= 4 is 23.8 Å². The second kappa shape index (κ2) is 16.9. The molecule has 2 aromatic carbocycles. The Labute approximate surface area is 225 Å². The first-order valence-electron chi connectivity index (χ1n) is 13.5. The van der Waals surface area contributed by atoms with Crippen LogP contribution in [0.15, 0.2) is 48.5 Å². The van der Waals surface area contributed by atoms with E-state index in [9.17, 15) is 24.3 Å². The Hall–Kier alpha value is -3.68. The third-order valence-corrected chi connectivity index (χ3v) is 6.42. The zero-order valence-electron chi connectivity index (χ0n) is 22.3. The van der Waals surface area contributed by atoms with Crippen molar-refractivity contribution < 1.29 is 29.4 Å². The minimum Gasteiger partial charge on any atom is -0.478 e. The molecule has 0 fully saturated rings.